The van der Waals surface area contributed by atoms with Crippen molar-refractivity contribution in [2.24, 2.45) is 0 Å². The second kappa shape index (κ2) is 9.23. The van der Waals surface area contributed by atoms with Crippen molar-refractivity contribution < 1.29 is 23.9 Å². The predicted octanol–water partition coefficient (Wildman–Crippen LogP) is 3.66. The third-order valence-electron chi connectivity index (χ3n) is 3.57. The molecule has 27 heavy (non-hydrogen) atoms. The van der Waals surface area contributed by atoms with Crippen LogP contribution in [0, 0.1) is 10.1 Å². The fourth-order valence-corrected chi connectivity index (χ4v) is 2.33. The van der Waals surface area contributed by atoms with Gasteiger partial charge in [-0.3, -0.25) is 14.9 Å². The minimum Gasteiger partial charge on any atom is -0.494 e. The van der Waals surface area contributed by atoms with E-state index in [0.717, 1.165) is 0 Å². The summed E-state index contributed by atoms with van der Waals surface area (Å²) in [6.07, 6.45) is 2.85. The summed E-state index contributed by atoms with van der Waals surface area (Å²) in [7, 11) is 3.05. The van der Waals surface area contributed by atoms with Crippen molar-refractivity contribution in [3.05, 3.63) is 58.2 Å². The maximum atomic E-state index is 12.1. The van der Waals surface area contributed by atoms with Crippen molar-refractivity contribution in [3.63, 3.8) is 0 Å². The maximum Gasteiger partial charge on any atom is 0.296 e. The van der Waals surface area contributed by atoms with E-state index >= 15 is 0 Å². The van der Waals surface area contributed by atoms with Gasteiger partial charge in [0.05, 0.1) is 31.8 Å². The molecule has 0 spiro atoms. The number of carbonyl (C=O) groups excluding carboxylic acids is 1. The number of carbonyl (C=O) groups is 1. The van der Waals surface area contributed by atoms with E-state index in [-0.39, 0.29) is 11.4 Å². The Hall–Kier alpha value is -3.55. The van der Waals surface area contributed by atoms with Gasteiger partial charge in [0.15, 0.2) is 11.5 Å². The van der Waals surface area contributed by atoms with Gasteiger partial charge in [0.25, 0.3) is 5.69 Å². The first-order chi connectivity index (χ1) is 13.0. The molecule has 2 aromatic rings. The fraction of sp³-hybridized carbons (Fsp3) is 0.211. The van der Waals surface area contributed by atoms with Crippen LogP contribution in [0.1, 0.15) is 12.5 Å². The summed E-state index contributed by atoms with van der Waals surface area (Å²) in [6.45, 7) is 2.16. The van der Waals surface area contributed by atoms with E-state index in [9.17, 15) is 14.9 Å². The number of nitro benzene ring substituents is 1. The first-order valence-electron chi connectivity index (χ1n) is 8.10. The molecule has 0 saturated carbocycles. The molecule has 0 aromatic heterocycles. The van der Waals surface area contributed by atoms with Crippen molar-refractivity contribution in [2.45, 2.75) is 6.92 Å². The zero-order valence-corrected chi connectivity index (χ0v) is 15.2. The zero-order valence-electron chi connectivity index (χ0n) is 15.2. The molecule has 142 valence electrons. The van der Waals surface area contributed by atoms with Gasteiger partial charge in [-0.25, -0.2) is 0 Å². The number of rotatable bonds is 8. The van der Waals surface area contributed by atoms with Gasteiger partial charge in [0.2, 0.25) is 5.91 Å². The number of nitrogens with zero attached hydrogens (tertiary/aromatic N) is 1. The van der Waals surface area contributed by atoms with Crippen LogP contribution in [0.25, 0.3) is 6.08 Å². The summed E-state index contributed by atoms with van der Waals surface area (Å²) in [5, 5.41) is 13.7. The first-order valence-corrected chi connectivity index (χ1v) is 8.10. The Bertz CT molecular complexity index is 863. The summed E-state index contributed by atoms with van der Waals surface area (Å²) < 4.78 is 15.6. The monoisotopic (exact) mass is 372 g/mol. The van der Waals surface area contributed by atoms with Crippen molar-refractivity contribution in [3.8, 4) is 17.2 Å². The number of methoxy groups -OCH3 is 2. The van der Waals surface area contributed by atoms with Gasteiger partial charge in [-0.2, -0.15) is 0 Å². The second-order valence-electron chi connectivity index (χ2n) is 5.31. The Morgan fingerprint density at radius 2 is 1.89 bits per heavy atom. The molecule has 0 aliphatic rings. The molecule has 0 bridgehead atoms. The van der Waals surface area contributed by atoms with Gasteiger partial charge in [-0.15, -0.1) is 0 Å². The maximum absolute atomic E-state index is 12.1. The number of benzene rings is 2. The van der Waals surface area contributed by atoms with E-state index in [1.165, 1.54) is 32.4 Å². The Kier molecular flexibility index (Phi) is 6.76. The average molecular weight is 372 g/mol. The van der Waals surface area contributed by atoms with Crippen LogP contribution in [0.3, 0.4) is 0 Å². The van der Waals surface area contributed by atoms with Crippen LogP contribution in [0.15, 0.2) is 42.5 Å². The molecular weight excluding hydrogens is 352 g/mol. The van der Waals surface area contributed by atoms with Gasteiger partial charge in [-0.1, -0.05) is 6.07 Å². The highest BCUT2D eigenvalue weighted by Crippen LogP contribution is 2.30. The Balaban J connectivity index is 2.15. The van der Waals surface area contributed by atoms with Crippen molar-refractivity contribution in [2.75, 3.05) is 26.1 Å². The Labute approximate surface area is 156 Å². The quantitative estimate of drug-likeness (QED) is 0.431. The van der Waals surface area contributed by atoms with Gasteiger partial charge in [-0.05, 0) is 42.8 Å². The number of hydrogen-bond donors (Lipinski definition) is 1. The molecule has 8 heteroatoms. The largest absolute Gasteiger partial charge is 0.494 e. The molecule has 0 aliphatic heterocycles. The van der Waals surface area contributed by atoms with E-state index < -0.39 is 10.8 Å². The van der Waals surface area contributed by atoms with Crippen LogP contribution in [0.4, 0.5) is 11.4 Å². The van der Waals surface area contributed by atoms with Crippen LogP contribution >= 0.6 is 0 Å². The zero-order chi connectivity index (χ0) is 19.8. The van der Waals surface area contributed by atoms with Gasteiger partial charge in [0, 0.05) is 6.08 Å². The standard InChI is InChI=1S/C19H20N2O6/c1-4-27-14-7-8-15(16(12-14)21(23)24)20-19(22)10-6-13-5-9-17(25-2)18(11-13)26-3/h5-12H,4H2,1-3H3,(H,20,22). The highest BCUT2D eigenvalue weighted by molar-refractivity contribution is 6.03. The molecule has 0 saturated heterocycles. The number of nitro groups is 1. The van der Waals surface area contributed by atoms with Gasteiger partial charge < -0.3 is 19.5 Å². The third kappa shape index (κ3) is 5.21. The molecule has 0 unspecified atom stereocenters. The highest BCUT2D eigenvalue weighted by Gasteiger charge is 2.16. The van der Waals surface area contributed by atoms with Crippen LogP contribution in [0.5, 0.6) is 17.2 Å². The van der Waals surface area contributed by atoms with E-state index in [4.69, 9.17) is 14.2 Å². The molecule has 2 aromatic carbocycles. The molecule has 1 N–H and O–H groups in total. The molecular formula is C19H20N2O6. The SMILES string of the molecule is CCOc1ccc(NC(=O)C=Cc2ccc(OC)c(OC)c2)c([N+](=O)[O-])c1. The normalized spacial score (nSPS) is 10.5. The topological polar surface area (TPSA) is 99.9 Å². The summed E-state index contributed by atoms with van der Waals surface area (Å²) in [4.78, 5) is 22.8. The molecule has 0 atom stereocenters. The van der Waals surface area contributed by atoms with Crippen molar-refractivity contribution in [1.29, 1.82) is 0 Å². The van der Waals surface area contributed by atoms with E-state index in [0.29, 0.717) is 29.4 Å². The highest BCUT2D eigenvalue weighted by atomic mass is 16.6. The molecule has 2 rings (SSSR count). The molecule has 0 aliphatic carbocycles. The van der Waals surface area contributed by atoms with E-state index in [1.807, 2.05) is 0 Å². The molecule has 0 heterocycles. The smallest absolute Gasteiger partial charge is 0.296 e. The molecule has 1 amide bonds. The first kappa shape index (κ1) is 19.8. The van der Waals surface area contributed by atoms with E-state index in [2.05, 4.69) is 5.32 Å². The van der Waals surface area contributed by atoms with Crippen LogP contribution in [0.2, 0.25) is 0 Å². The van der Waals surface area contributed by atoms with Crippen molar-refractivity contribution >= 4 is 23.4 Å². The lowest BCUT2D eigenvalue weighted by Crippen LogP contribution is -2.09. The summed E-state index contributed by atoms with van der Waals surface area (Å²) in [5.74, 6) is 0.964. The average Bonchev–Trinajstić information content (AvgIpc) is 2.67. The van der Waals surface area contributed by atoms with Crippen LogP contribution < -0.4 is 19.5 Å². The third-order valence-corrected chi connectivity index (χ3v) is 3.57. The van der Waals surface area contributed by atoms with Crippen molar-refractivity contribution in [1.82, 2.24) is 0 Å². The summed E-state index contributed by atoms with van der Waals surface area (Å²) in [5.41, 5.74) is 0.559. The molecule has 8 nitrogen and oxygen atoms in total. The summed E-state index contributed by atoms with van der Waals surface area (Å²) >= 11 is 0. The number of anilines is 1. The number of ether oxygens (including phenoxy) is 3. The second-order valence-corrected chi connectivity index (χ2v) is 5.31. The Morgan fingerprint density at radius 3 is 2.52 bits per heavy atom. The van der Waals surface area contributed by atoms with Gasteiger partial charge >= 0.3 is 0 Å². The lowest BCUT2D eigenvalue weighted by molar-refractivity contribution is -0.384. The van der Waals surface area contributed by atoms with Crippen LogP contribution in [-0.4, -0.2) is 31.7 Å². The minimum absolute atomic E-state index is 0.0883. The lowest BCUT2D eigenvalue weighted by atomic mass is 10.2. The lowest BCUT2D eigenvalue weighted by Gasteiger charge is -2.08. The molecule has 0 fully saturated rings. The Morgan fingerprint density at radius 1 is 1.15 bits per heavy atom. The predicted molar refractivity (Wildman–Crippen MR) is 101 cm³/mol. The fourth-order valence-electron chi connectivity index (χ4n) is 2.33. The summed E-state index contributed by atoms with van der Waals surface area (Å²) in [6, 6.07) is 9.45. The van der Waals surface area contributed by atoms with Gasteiger partial charge in [0.1, 0.15) is 11.4 Å². The number of nitrogens with one attached hydrogen (secondary N) is 1. The van der Waals surface area contributed by atoms with Crippen LogP contribution in [-0.2, 0) is 4.79 Å². The van der Waals surface area contributed by atoms with E-state index in [1.54, 1.807) is 37.3 Å². The molecule has 0 radical (unpaired) electrons. The number of amides is 1. The minimum atomic E-state index is -0.573. The number of hydrogen-bond acceptors (Lipinski definition) is 6.